The molecule has 0 aliphatic carbocycles. The Morgan fingerprint density at radius 1 is 1.14 bits per heavy atom. The Labute approximate surface area is 128 Å². The molecule has 2 rings (SSSR count). The fraction of sp³-hybridized carbons (Fsp3) is 0.188. The average molecular weight is 300 g/mol. The molecule has 114 valence electrons. The lowest BCUT2D eigenvalue weighted by Crippen LogP contribution is -2.31. The highest BCUT2D eigenvalue weighted by molar-refractivity contribution is 5.96. The second-order valence-corrected chi connectivity index (χ2v) is 4.38. The second kappa shape index (κ2) is 7.78. The van der Waals surface area contributed by atoms with Crippen LogP contribution in [0.2, 0.25) is 0 Å². The van der Waals surface area contributed by atoms with E-state index in [9.17, 15) is 9.59 Å². The number of nitrogens with one attached hydrogen (secondary N) is 1. The van der Waals surface area contributed by atoms with Gasteiger partial charge in [-0.05, 0) is 17.7 Å². The van der Waals surface area contributed by atoms with E-state index in [0.29, 0.717) is 5.75 Å². The molecule has 6 nitrogen and oxygen atoms in total. The molecule has 0 aliphatic heterocycles. The maximum atomic E-state index is 11.9. The molecule has 1 aromatic carbocycles. The van der Waals surface area contributed by atoms with E-state index >= 15 is 0 Å². The minimum atomic E-state index is -0.521. The smallest absolute Gasteiger partial charge is 0.325 e. The van der Waals surface area contributed by atoms with Gasteiger partial charge in [-0.3, -0.25) is 9.59 Å². The number of methoxy groups -OCH3 is 1. The molecule has 6 heteroatoms. The molecule has 1 N–H and O–H groups in total. The first-order valence-electron chi connectivity index (χ1n) is 6.67. The predicted octanol–water partition coefficient (Wildman–Crippen LogP) is 1.56. The minimum Gasteiger partial charge on any atom is -0.494 e. The van der Waals surface area contributed by atoms with Gasteiger partial charge >= 0.3 is 5.97 Å². The molecular weight excluding hydrogens is 284 g/mol. The highest BCUT2D eigenvalue weighted by atomic mass is 16.5. The lowest BCUT2D eigenvalue weighted by Gasteiger charge is -2.08. The van der Waals surface area contributed by atoms with Gasteiger partial charge in [-0.25, -0.2) is 4.98 Å². The van der Waals surface area contributed by atoms with E-state index in [2.05, 4.69) is 10.3 Å². The van der Waals surface area contributed by atoms with Crippen LogP contribution in [0.1, 0.15) is 16.1 Å². The van der Waals surface area contributed by atoms with E-state index in [1.165, 1.54) is 13.3 Å². The van der Waals surface area contributed by atoms with Crippen LogP contribution in [0.3, 0.4) is 0 Å². The van der Waals surface area contributed by atoms with Gasteiger partial charge < -0.3 is 14.8 Å². The van der Waals surface area contributed by atoms with Gasteiger partial charge in [-0.1, -0.05) is 30.3 Å². The number of benzene rings is 1. The minimum absolute atomic E-state index is 0.126. The van der Waals surface area contributed by atoms with Crippen molar-refractivity contribution in [1.82, 2.24) is 10.3 Å². The summed E-state index contributed by atoms with van der Waals surface area (Å²) in [5, 5.41) is 2.45. The number of hydrogen-bond acceptors (Lipinski definition) is 5. The maximum Gasteiger partial charge on any atom is 0.325 e. The normalized spacial score (nSPS) is 9.86. The third-order valence-corrected chi connectivity index (χ3v) is 2.84. The zero-order chi connectivity index (χ0) is 15.8. The van der Waals surface area contributed by atoms with E-state index < -0.39 is 11.9 Å². The molecule has 0 saturated heterocycles. The van der Waals surface area contributed by atoms with Crippen LogP contribution in [-0.4, -0.2) is 30.5 Å². The van der Waals surface area contributed by atoms with Gasteiger partial charge in [0.05, 0.1) is 7.11 Å². The summed E-state index contributed by atoms with van der Waals surface area (Å²) in [6.07, 6.45) is 1.48. The molecular formula is C16H16N2O4. The summed E-state index contributed by atoms with van der Waals surface area (Å²) in [6.45, 7) is -0.0617. The Morgan fingerprint density at radius 2 is 1.91 bits per heavy atom. The molecule has 0 bridgehead atoms. The highest BCUT2D eigenvalue weighted by Gasteiger charge is 2.14. The van der Waals surface area contributed by atoms with Crippen molar-refractivity contribution in [2.45, 2.75) is 6.61 Å². The predicted molar refractivity (Wildman–Crippen MR) is 79.4 cm³/mol. The topological polar surface area (TPSA) is 77.5 Å². The van der Waals surface area contributed by atoms with Gasteiger partial charge in [0.25, 0.3) is 5.91 Å². The highest BCUT2D eigenvalue weighted by Crippen LogP contribution is 2.13. The van der Waals surface area contributed by atoms with Crippen molar-refractivity contribution < 1.29 is 19.1 Å². The third-order valence-electron chi connectivity index (χ3n) is 2.84. The molecule has 0 atom stereocenters. The van der Waals surface area contributed by atoms with Crippen LogP contribution in [0.25, 0.3) is 0 Å². The monoisotopic (exact) mass is 300 g/mol. The molecule has 0 spiro atoms. The van der Waals surface area contributed by atoms with Gasteiger partial charge in [0, 0.05) is 6.20 Å². The lowest BCUT2D eigenvalue weighted by atomic mass is 10.2. The van der Waals surface area contributed by atoms with Gasteiger partial charge in [0.1, 0.15) is 18.9 Å². The van der Waals surface area contributed by atoms with E-state index in [0.717, 1.165) is 5.56 Å². The lowest BCUT2D eigenvalue weighted by molar-refractivity contribution is -0.143. The number of rotatable bonds is 6. The third kappa shape index (κ3) is 4.31. The Bertz CT molecular complexity index is 644. The van der Waals surface area contributed by atoms with E-state index in [4.69, 9.17) is 9.47 Å². The molecule has 1 amide bonds. The Hall–Kier alpha value is -2.89. The van der Waals surface area contributed by atoms with Crippen LogP contribution in [-0.2, 0) is 16.1 Å². The van der Waals surface area contributed by atoms with Crippen LogP contribution in [0, 0.1) is 0 Å². The number of esters is 1. The van der Waals surface area contributed by atoms with Gasteiger partial charge in [-0.15, -0.1) is 0 Å². The second-order valence-electron chi connectivity index (χ2n) is 4.38. The van der Waals surface area contributed by atoms with Gasteiger partial charge in [-0.2, -0.15) is 0 Å². The van der Waals surface area contributed by atoms with E-state index in [1.54, 1.807) is 12.1 Å². The molecule has 0 aliphatic rings. The number of carbonyl (C=O) groups excluding carboxylic acids is 2. The van der Waals surface area contributed by atoms with Crippen molar-refractivity contribution in [3.8, 4) is 5.75 Å². The number of amides is 1. The fourth-order valence-electron chi connectivity index (χ4n) is 1.75. The molecule has 0 radical (unpaired) electrons. The fourth-order valence-corrected chi connectivity index (χ4v) is 1.75. The largest absolute Gasteiger partial charge is 0.494 e. The summed E-state index contributed by atoms with van der Waals surface area (Å²) >= 11 is 0. The summed E-state index contributed by atoms with van der Waals surface area (Å²) in [5.41, 5.74) is 1.01. The van der Waals surface area contributed by atoms with Crippen LogP contribution in [0.15, 0.2) is 48.7 Å². The van der Waals surface area contributed by atoms with Crippen molar-refractivity contribution >= 4 is 11.9 Å². The van der Waals surface area contributed by atoms with Crippen molar-refractivity contribution in [2.24, 2.45) is 0 Å². The summed E-state index contributed by atoms with van der Waals surface area (Å²) in [7, 11) is 1.45. The first-order chi connectivity index (χ1) is 10.7. The Morgan fingerprint density at radius 3 is 2.64 bits per heavy atom. The van der Waals surface area contributed by atoms with Crippen LogP contribution in [0.5, 0.6) is 5.75 Å². The zero-order valence-electron chi connectivity index (χ0n) is 12.1. The standard InChI is InChI=1S/C16H16N2O4/c1-21-13-8-5-9-17-15(13)16(20)18-10-14(19)22-11-12-6-3-2-4-7-12/h2-9H,10-11H2,1H3,(H,18,20). The summed E-state index contributed by atoms with van der Waals surface area (Å²) < 4.78 is 10.1. The molecule has 22 heavy (non-hydrogen) atoms. The molecule has 0 saturated carbocycles. The van der Waals surface area contributed by atoms with Crippen LogP contribution < -0.4 is 10.1 Å². The van der Waals surface area contributed by atoms with Gasteiger partial charge in [0.2, 0.25) is 0 Å². The van der Waals surface area contributed by atoms with Crippen molar-refractivity contribution in [3.05, 3.63) is 59.9 Å². The number of hydrogen-bond donors (Lipinski definition) is 1. The SMILES string of the molecule is COc1cccnc1C(=O)NCC(=O)OCc1ccccc1. The Kier molecular flexibility index (Phi) is 5.48. The van der Waals surface area contributed by atoms with Crippen molar-refractivity contribution in [2.75, 3.05) is 13.7 Å². The first-order valence-corrected chi connectivity index (χ1v) is 6.67. The zero-order valence-corrected chi connectivity index (χ0v) is 12.1. The molecule has 0 fully saturated rings. The number of ether oxygens (including phenoxy) is 2. The van der Waals surface area contributed by atoms with E-state index in [-0.39, 0.29) is 18.8 Å². The van der Waals surface area contributed by atoms with Crippen LogP contribution in [0.4, 0.5) is 0 Å². The Balaban J connectivity index is 1.82. The van der Waals surface area contributed by atoms with Crippen LogP contribution >= 0.6 is 0 Å². The molecule has 1 heterocycles. The van der Waals surface area contributed by atoms with Crippen molar-refractivity contribution in [3.63, 3.8) is 0 Å². The molecule has 2 aromatic rings. The van der Waals surface area contributed by atoms with Crippen molar-refractivity contribution in [1.29, 1.82) is 0 Å². The number of nitrogens with zero attached hydrogens (tertiary/aromatic N) is 1. The van der Waals surface area contributed by atoms with E-state index in [1.807, 2.05) is 30.3 Å². The quantitative estimate of drug-likeness (QED) is 0.819. The number of pyridine rings is 1. The summed E-state index contributed by atoms with van der Waals surface area (Å²) in [4.78, 5) is 27.5. The summed E-state index contributed by atoms with van der Waals surface area (Å²) in [6, 6.07) is 12.6. The molecule has 1 aromatic heterocycles. The maximum absolute atomic E-state index is 11.9. The average Bonchev–Trinajstić information content (AvgIpc) is 2.58. The van der Waals surface area contributed by atoms with Gasteiger partial charge in [0.15, 0.2) is 5.69 Å². The summed E-state index contributed by atoms with van der Waals surface area (Å²) in [5.74, 6) is -0.668. The number of carbonyl (C=O) groups is 2. The first kappa shape index (κ1) is 15.5. The molecule has 0 unspecified atom stereocenters. The number of aromatic nitrogens is 1.